The molecule has 20 heavy (non-hydrogen) atoms. The Labute approximate surface area is 122 Å². The maximum atomic E-state index is 6.18. The van der Waals surface area contributed by atoms with Crippen molar-refractivity contribution in [2.24, 2.45) is 0 Å². The summed E-state index contributed by atoms with van der Waals surface area (Å²) in [5.41, 5.74) is 2.98. The number of rotatable bonds is 4. The summed E-state index contributed by atoms with van der Waals surface area (Å²) in [6, 6.07) is 13.7. The summed E-state index contributed by atoms with van der Waals surface area (Å²) in [4.78, 5) is 8.71. The van der Waals surface area contributed by atoms with Crippen LogP contribution in [0.4, 0.5) is 5.69 Å². The second-order valence-corrected chi connectivity index (χ2v) is 4.90. The molecule has 0 fully saturated rings. The highest BCUT2D eigenvalue weighted by Gasteiger charge is 2.05. The molecule has 1 aromatic carbocycles. The summed E-state index contributed by atoms with van der Waals surface area (Å²) in [6.45, 7) is 0.810. The highest BCUT2D eigenvalue weighted by atomic mass is 35.5. The van der Waals surface area contributed by atoms with Crippen LogP contribution in [0.2, 0.25) is 5.02 Å². The highest BCUT2D eigenvalue weighted by molar-refractivity contribution is 6.35. The van der Waals surface area contributed by atoms with Gasteiger partial charge in [0.1, 0.15) is 0 Å². The van der Waals surface area contributed by atoms with Crippen LogP contribution in [0, 0.1) is 0 Å². The zero-order valence-corrected chi connectivity index (χ0v) is 11.6. The number of pyridine rings is 2. The van der Waals surface area contributed by atoms with Crippen LogP contribution in [-0.4, -0.2) is 16.5 Å². The Morgan fingerprint density at radius 2 is 1.85 bits per heavy atom. The maximum absolute atomic E-state index is 6.18. The Balaban J connectivity index is 1.77. The average molecular weight is 284 g/mol. The molecule has 0 bridgehead atoms. The van der Waals surface area contributed by atoms with E-state index in [1.165, 1.54) is 0 Å². The van der Waals surface area contributed by atoms with Gasteiger partial charge in [0.25, 0.3) is 0 Å². The van der Waals surface area contributed by atoms with Crippen molar-refractivity contribution in [2.45, 2.75) is 6.42 Å². The number of nitrogens with one attached hydrogen (secondary N) is 1. The van der Waals surface area contributed by atoms with E-state index in [2.05, 4.69) is 15.3 Å². The molecule has 0 saturated carbocycles. The van der Waals surface area contributed by atoms with Crippen LogP contribution in [0.25, 0.3) is 10.9 Å². The molecule has 0 unspecified atom stereocenters. The van der Waals surface area contributed by atoms with Crippen LogP contribution in [0.3, 0.4) is 0 Å². The first-order chi connectivity index (χ1) is 9.84. The minimum absolute atomic E-state index is 0.725. The van der Waals surface area contributed by atoms with Crippen LogP contribution < -0.4 is 5.32 Å². The number of hydrogen-bond donors (Lipinski definition) is 1. The van der Waals surface area contributed by atoms with E-state index < -0.39 is 0 Å². The molecule has 2 heterocycles. The monoisotopic (exact) mass is 283 g/mol. The predicted octanol–water partition coefficient (Wildman–Crippen LogP) is 3.94. The number of fused-ring (bicyclic) bond motifs is 1. The topological polar surface area (TPSA) is 37.8 Å². The van der Waals surface area contributed by atoms with Crippen molar-refractivity contribution in [3.8, 4) is 0 Å². The summed E-state index contributed by atoms with van der Waals surface area (Å²) in [6.07, 6.45) is 4.47. The maximum Gasteiger partial charge on any atom is 0.0948 e. The van der Waals surface area contributed by atoms with E-state index in [1.807, 2.05) is 48.7 Å². The minimum atomic E-state index is 0.725. The second-order valence-electron chi connectivity index (χ2n) is 4.49. The van der Waals surface area contributed by atoms with Gasteiger partial charge in [-0.05, 0) is 36.4 Å². The summed E-state index contributed by atoms with van der Waals surface area (Å²) in [7, 11) is 0. The first-order valence-electron chi connectivity index (χ1n) is 6.51. The van der Waals surface area contributed by atoms with Crippen LogP contribution in [-0.2, 0) is 6.42 Å². The quantitative estimate of drug-likeness (QED) is 0.788. The molecule has 2 aromatic heterocycles. The molecule has 0 aliphatic carbocycles. The zero-order chi connectivity index (χ0) is 13.8. The standard InChI is InChI=1S/C16H14ClN3/c17-14-6-7-15(16-13(14)5-3-10-20-16)19-11-8-12-4-1-2-9-18-12/h1-7,9-10,19H,8,11H2. The van der Waals surface area contributed by atoms with E-state index in [-0.39, 0.29) is 0 Å². The van der Waals surface area contributed by atoms with Gasteiger partial charge in [-0.1, -0.05) is 17.7 Å². The van der Waals surface area contributed by atoms with Gasteiger partial charge in [-0.15, -0.1) is 0 Å². The van der Waals surface area contributed by atoms with Gasteiger partial charge in [0.05, 0.1) is 16.2 Å². The predicted molar refractivity (Wildman–Crippen MR) is 83.2 cm³/mol. The lowest BCUT2D eigenvalue weighted by Gasteiger charge is -2.09. The zero-order valence-electron chi connectivity index (χ0n) is 10.9. The summed E-state index contributed by atoms with van der Waals surface area (Å²) in [5.74, 6) is 0. The van der Waals surface area contributed by atoms with Gasteiger partial charge in [0, 0.05) is 36.4 Å². The largest absolute Gasteiger partial charge is 0.383 e. The highest BCUT2D eigenvalue weighted by Crippen LogP contribution is 2.27. The van der Waals surface area contributed by atoms with Crippen LogP contribution >= 0.6 is 11.6 Å². The molecule has 0 radical (unpaired) electrons. The van der Waals surface area contributed by atoms with Crippen LogP contribution in [0.15, 0.2) is 54.9 Å². The Morgan fingerprint density at radius 1 is 0.950 bits per heavy atom. The number of halogens is 1. The fourth-order valence-electron chi connectivity index (χ4n) is 2.15. The molecule has 0 aliphatic rings. The Kier molecular flexibility index (Phi) is 3.79. The molecule has 0 amide bonds. The van der Waals surface area contributed by atoms with Crippen molar-refractivity contribution in [1.82, 2.24) is 9.97 Å². The molecule has 0 aliphatic heterocycles. The van der Waals surface area contributed by atoms with Crippen LogP contribution in [0.1, 0.15) is 5.69 Å². The lowest BCUT2D eigenvalue weighted by atomic mass is 10.2. The molecule has 4 heteroatoms. The fraction of sp³-hybridized carbons (Fsp3) is 0.125. The molecule has 0 atom stereocenters. The lowest BCUT2D eigenvalue weighted by Crippen LogP contribution is -2.06. The second kappa shape index (κ2) is 5.88. The molecule has 100 valence electrons. The number of nitrogens with zero attached hydrogens (tertiary/aromatic N) is 2. The number of aromatic nitrogens is 2. The third kappa shape index (κ3) is 2.73. The van der Waals surface area contributed by atoms with Crippen molar-refractivity contribution < 1.29 is 0 Å². The molecule has 3 aromatic rings. The third-order valence-electron chi connectivity index (χ3n) is 3.14. The van der Waals surface area contributed by atoms with E-state index in [9.17, 15) is 0 Å². The Bertz CT molecular complexity index is 713. The minimum Gasteiger partial charge on any atom is -0.383 e. The van der Waals surface area contributed by atoms with Gasteiger partial charge in [-0.3, -0.25) is 9.97 Å². The summed E-state index contributed by atoms with van der Waals surface area (Å²) in [5, 5.41) is 5.10. The van der Waals surface area contributed by atoms with E-state index in [0.29, 0.717) is 0 Å². The summed E-state index contributed by atoms with van der Waals surface area (Å²) < 4.78 is 0. The molecular formula is C16H14ClN3. The van der Waals surface area contributed by atoms with Gasteiger partial charge in [-0.25, -0.2) is 0 Å². The summed E-state index contributed by atoms with van der Waals surface area (Å²) >= 11 is 6.18. The van der Waals surface area contributed by atoms with Crippen molar-refractivity contribution in [3.63, 3.8) is 0 Å². The van der Waals surface area contributed by atoms with E-state index >= 15 is 0 Å². The molecule has 1 N–H and O–H groups in total. The van der Waals surface area contributed by atoms with Crippen molar-refractivity contribution in [3.05, 3.63) is 65.6 Å². The SMILES string of the molecule is Clc1ccc(NCCc2ccccn2)c2ncccc12. The molecule has 0 spiro atoms. The number of hydrogen-bond acceptors (Lipinski definition) is 3. The third-order valence-corrected chi connectivity index (χ3v) is 3.47. The van der Waals surface area contributed by atoms with E-state index in [4.69, 9.17) is 11.6 Å². The van der Waals surface area contributed by atoms with Crippen molar-refractivity contribution in [1.29, 1.82) is 0 Å². The Morgan fingerprint density at radius 3 is 2.70 bits per heavy atom. The van der Waals surface area contributed by atoms with Gasteiger partial charge in [0.2, 0.25) is 0 Å². The lowest BCUT2D eigenvalue weighted by molar-refractivity contribution is 0.962. The first kappa shape index (κ1) is 12.9. The number of benzene rings is 1. The number of anilines is 1. The van der Waals surface area contributed by atoms with Gasteiger partial charge in [0.15, 0.2) is 0 Å². The fourth-order valence-corrected chi connectivity index (χ4v) is 2.37. The molecule has 3 nitrogen and oxygen atoms in total. The van der Waals surface area contributed by atoms with Crippen LogP contribution in [0.5, 0.6) is 0 Å². The van der Waals surface area contributed by atoms with Gasteiger partial charge < -0.3 is 5.32 Å². The average Bonchev–Trinajstić information content (AvgIpc) is 2.51. The first-order valence-corrected chi connectivity index (χ1v) is 6.89. The molecular weight excluding hydrogens is 270 g/mol. The van der Waals surface area contributed by atoms with Gasteiger partial charge >= 0.3 is 0 Å². The molecule has 3 rings (SSSR count). The smallest absolute Gasteiger partial charge is 0.0948 e. The van der Waals surface area contributed by atoms with E-state index in [0.717, 1.165) is 40.3 Å². The normalized spacial score (nSPS) is 10.7. The molecule has 0 saturated heterocycles. The van der Waals surface area contributed by atoms with Crippen molar-refractivity contribution >= 4 is 28.2 Å². The Hall–Kier alpha value is -2.13. The van der Waals surface area contributed by atoms with E-state index in [1.54, 1.807) is 6.20 Å². The van der Waals surface area contributed by atoms with Gasteiger partial charge in [-0.2, -0.15) is 0 Å². The van der Waals surface area contributed by atoms with Crippen molar-refractivity contribution in [2.75, 3.05) is 11.9 Å².